The number of nitrogens with one attached hydrogen (secondary N) is 2. The van der Waals surface area contributed by atoms with Crippen molar-refractivity contribution in [3.63, 3.8) is 0 Å². The minimum atomic E-state index is -0.323. The lowest BCUT2D eigenvalue weighted by Crippen LogP contribution is -2.32. The molecule has 2 rings (SSSR count). The zero-order valence-electron chi connectivity index (χ0n) is 12.8. The lowest BCUT2D eigenvalue weighted by molar-refractivity contribution is -0.115. The Morgan fingerprint density at radius 3 is 2.41 bits per heavy atom. The van der Waals surface area contributed by atoms with E-state index in [0.29, 0.717) is 10.7 Å². The van der Waals surface area contributed by atoms with Crippen LogP contribution in [0.15, 0.2) is 18.2 Å². The predicted octanol–water partition coefficient (Wildman–Crippen LogP) is 2.09. The third-order valence-corrected chi connectivity index (χ3v) is 3.89. The van der Waals surface area contributed by atoms with Crippen LogP contribution in [0.2, 0.25) is 0 Å². The second-order valence-electron chi connectivity index (χ2n) is 4.96. The lowest BCUT2D eigenvalue weighted by Gasteiger charge is -2.06. The third kappa shape index (κ3) is 4.36. The number of amides is 2. The van der Waals surface area contributed by atoms with Crippen molar-refractivity contribution in [2.24, 2.45) is 0 Å². The minimum absolute atomic E-state index is 0.104. The molecule has 2 amide bonds. The molecule has 0 spiro atoms. The predicted molar refractivity (Wildman–Crippen MR) is 86.2 cm³/mol. The van der Waals surface area contributed by atoms with Gasteiger partial charge in [0.1, 0.15) is 5.01 Å². The van der Waals surface area contributed by atoms with Crippen LogP contribution in [-0.4, -0.2) is 28.6 Å². The first-order valence-electron chi connectivity index (χ1n) is 6.96. The molecular weight excluding hydrogens is 300 g/mol. The maximum absolute atomic E-state index is 12.0. The van der Waals surface area contributed by atoms with Crippen LogP contribution in [0.1, 0.15) is 33.4 Å². The van der Waals surface area contributed by atoms with Crippen LogP contribution in [0.3, 0.4) is 0 Å². The van der Waals surface area contributed by atoms with Gasteiger partial charge in [-0.25, -0.2) is 0 Å². The molecule has 1 aromatic heterocycles. The molecule has 0 radical (unpaired) electrons. The van der Waals surface area contributed by atoms with Crippen molar-refractivity contribution in [2.45, 2.75) is 27.2 Å². The van der Waals surface area contributed by atoms with Crippen LogP contribution in [0, 0.1) is 13.8 Å². The molecule has 0 saturated heterocycles. The Balaban J connectivity index is 1.88. The van der Waals surface area contributed by atoms with Crippen LogP contribution in [0.4, 0.5) is 5.13 Å². The summed E-state index contributed by atoms with van der Waals surface area (Å²) in [5, 5.41) is 14.3. The van der Waals surface area contributed by atoms with Crippen molar-refractivity contribution >= 4 is 28.3 Å². The number of carbonyl (C=O) groups is 2. The molecule has 0 saturated carbocycles. The van der Waals surface area contributed by atoms with Crippen LogP contribution in [0.25, 0.3) is 0 Å². The fraction of sp³-hybridized carbons (Fsp3) is 0.333. The number of aromatic nitrogens is 2. The summed E-state index contributed by atoms with van der Waals surface area (Å²) >= 11 is 1.33. The second-order valence-corrected chi connectivity index (χ2v) is 6.02. The highest BCUT2D eigenvalue weighted by Gasteiger charge is 2.11. The van der Waals surface area contributed by atoms with Gasteiger partial charge in [0.05, 0.1) is 6.54 Å². The van der Waals surface area contributed by atoms with E-state index >= 15 is 0 Å². The zero-order valence-corrected chi connectivity index (χ0v) is 13.6. The fourth-order valence-corrected chi connectivity index (χ4v) is 2.67. The molecule has 1 heterocycles. The fourth-order valence-electron chi connectivity index (χ4n) is 1.98. The number of anilines is 1. The monoisotopic (exact) mass is 318 g/mol. The van der Waals surface area contributed by atoms with Gasteiger partial charge in [0, 0.05) is 5.56 Å². The van der Waals surface area contributed by atoms with Gasteiger partial charge in [-0.1, -0.05) is 35.5 Å². The summed E-state index contributed by atoms with van der Waals surface area (Å²) in [5.41, 5.74) is 2.57. The van der Waals surface area contributed by atoms with Gasteiger partial charge < -0.3 is 5.32 Å². The van der Waals surface area contributed by atoms with Crippen LogP contribution in [0.5, 0.6) is 0 Å². The maximum atomic E-state index is 12.0. The van der Waals surface area contributed by atoms with E-state index in [0.717, 1.165) is 22.6 Å². The Kier molecular flexibility index (Phi) is 5.21. The summed E-state index contributed by atoms with van der Waals surface area (Å²) in [5.74, 6) is -0.593. The van der Waals surface area contributed by atoms with Crippen molar-refractivity contribution in [1.29, 1.82) is 0 Å². The smallest absolute Gasteiger partial charge is 0.251 e. The van der Waals surface area contributed by atoms with E-state index in [4.69, 9.17) is 0 Å². The number of aryl methyl sites for hydroxylation is 3. The topological polar surface area (TPSA) is 84.0 Å². The molecule has 0 aliphatic carbocycles. The Bertz CT molecular complexity index is 676. The van der Waals surface area contributed by atoms with Crippen molar-refractivity contribution in [3.05, 3.63) is 39.9 Å². The molecular formula is C15H18N4O2S. The number of hydrogen-bond donors (Lipinski definition) is 2. The second kappa shape index (κ2) is 7.13. The average Bonchev–Trinajstić information content (AvgIpc) is 2.91. The van der Waals surface area contributed by atoms with Crippen LogP contribution >= 0.6 is 11.3 Å². The standard InChI is InChI=1S/C15H18N4O2S/c1-4-13-18-19-15(22-13)17-12(20)8-16-14(21)11-6-9(2)5-10(3)7-11/h5-7H,4,8H2,1-3H3,(H,16,21)(H,17,19,20). The van der Waals surface area contributed by atoms with Crippen LogP contribution < -0.4 is 10.6 Å². The molecule has 1 aromatic carbocycles. The summed E-state index contributed by atoms with van der Waals surface area (Å²) in [6.07, 6.45) is 0.775. The summed E-state index contributed by atoms with van der Waals surface area (Å²) < 4.78 is 0. The number of hydrogen-bond acceptors (Lipinski definition) is 5. The molecule has 7 heteroatoms. The van der Waals surface area contributed by atoms with Gasteiger partial charge in [0.15, 0.2) is 0 Å². The van der Waals surface area contributed by atoms with Crippen LogP contribution in [-0.2, 0) is 11.2 Å². The molecule has 0 fully saturated rings. The van der Waals surface area contributed by atoms with Gasteiger partial charge in [-0.05, 0) is 32.4 Å². The van der Waals surface area contributed by atoms with E-state index in [-0.39, 0.29) is 18.4 Å². The Morgan fingerprint density at radius 1 is 1.14 bits per heavy atom. The van der Waals surface area contributed by atoms with Gasteiger partial charge in [-0.2, -0.15) is 0 Å². The Labute approximate surface area is 133 Å². The molecule has 0 atom stereocenters. The highest BCUT2D eigenvalue weighted by atomic mass is 32.1. The minimum Gasteiger partial charge on any atom is -0.343 e. The van der Waals surface area contributed by atoms with E-state index < -0.39 is 0 Å². The van der Waals surface area contributed by atoms with Gasteiger partial charge >= 0.3 is 0 Å². The van der Waals surface area contributed by atoms with E-state index in [1.165, 1.54) is 11.3 Å². The zero-order chi connectivity index (χ0) is 16.1. The summed E-state index contributed by atoms with van der Waals surface area (Å²) in [6, 6.07) is 5.57. The van der Waals surface area contributed by atoms with Crippen molar-refractivity contribution in [2.75, 3.05) is 11.9 Å². The molecule has 2 aromatic rings. The van der Waals surface area contributed by atoms with E-state index in [2.05, 4.69) is 20.8 Å². The van der Waals surface area contributed by atoms with Gasteiger partial charge in [-0.15, -0.1) is 10.2 Å². The SMILES string of the molecule is CCc1nnc(NC(=O)CNC(=O)c2cc(C)cc(C)c2)s1. The molecule has 0 aliphatic rings. The van der Waals surface area contributed by atoms with Crippen molar-refractivity contribution < 1.29 is 9.59 Å². The van der Waals surface area contributed by atoms with Gasteiger partial charge in [0.25, 0.3) is 5.91 Å². The number of nitrogens with zero attached hydrogens (tertiary/aromatic N) is 2. The van der Waals surface area contributed by atoms with Crippen molar-refractivity contribution in [3.8, 4) is 0 Å². The molecule has 0 bridgehead atoms. The van der Waals surface area contributed by atoms with E-state index in [1.54, 1.807) is 12.1 Å². The first-order chi connectivity index (χ1) is 10.5. The third-order valence-electron chi connectivity index (χ3n) is 2.91. The summed E-state index contributed by atoms with van der Waals surface area (Å²) in [6.45, 7) is 5.72. The molecule has 0 unspecified atom stereocenters. The molecule has 0 aliphatic heterocycles. The lowest BCUT2D eigenvalue weighted by atomic mass is 10.1. The van der Waals surface area contributed by atoms with Crippen molar-refractivity contribution in [1.82, 2.24) is 15.5 Å². The highest BCUT2D eigenvalue weighted by Crippen LogP contribution is 2.15. The van der Waals surface area contributed by atoms with Gasteiger partial charge in [0.2, 0.25) is 11.0 Å². The summed E-state index contributed by atoms with van der Waals surface area (Å²) in [7, 11) is 0. The first-order valence-corrected chi connectivity index (χ1v) is 7.78. The Hall–Kier alpha value is -2.28. The molecule has 116 valence electrons. The summed E-state index contributed by atoms with van der Waals surface area (Å²) in [4.78, 5) is 23.8. The normalized spacial score (nSPS) is 10.3. The van der Waals surface area contributed by atoms with Gasteiger partial charge in [-0.3, -0.25) is 14.9 Å². The number of carbonyl (C=O) groups excluding carboxylic acids is 2. The first kappa shape index (κ1) is 16.1. The quantitative estimate of drug-likeness (QED) is 0.884. The highest BCUT2D eigenvalue weighted by molar-refractivity contribution is 7.15. The molecule has 6 nitrogen and oxygen atoms in total. The molecule has 2 N–H and O–H groups in total. The van der Waals surface area contributed by atoms with E-state index in [9.17, 15) is 9.59 Å². The maximum Gasteiger partial charge on any atom is 0.251 e. The Morgan fingerprint density at radius 2 is 1.82 bits per heavy atom. The van der Waals surface area contributed by atoms with E-state index in [1.807, 2.05) is 26.8 Å². The number of rotatable bonds is 5. The molecule has 22 heavy (non-hydrogen) atoms. The largest absolute Gasteiger partial charge is 0.343 e. The average molecular weight is 318 g/mol. The number of benzene rings is 1.